The van der Waals surface area contributed by atoms with E-state index in [1.54, 1.807) is 0 Å². The lowest BCUT2D eigenvalue weighted by molar-refractivity contribution is -0.133. The van der Waals surface area contributed by atoms with E-state index in [0.717, 1.165) is 12.2 Å². The van der Waals surface area contributed by atoms with E-state index in [-0.39, 0.29) is 5.91 Å². The SMILES string of the molecule is CCC1(O)CN(CC(=O)NCCOc2ccccc2)C1. The van der Waals surface area contributed by atoms with Crippen molar-refractivity contribution in [3.63, 3.8) is 0 Å². The summed E-state index contributed by atoms with van der Waals surface area (Å²) in [4.78, 5) is 13.6. The molecule has 2 rings (SSSR count). The normalized spacial score (nSPS) is 17.3. The number of amides is 1. The first-order valence-electron chi connectivity index (χ1n) is 7.00. The van der Waals surface area contributed by atoms with Gasteiger partial charge in [0.25, 0.3) is 0 Å². The molecule has 5 heteroatoms. The zero-order valence-electron chi connectivity index (χ0n) is 11.8. The molecular weight excluding hydrogens is 256 g/mol. The minimum absolute atomic E-state index is 0.0279. The molecule has 1 fully saturated rings. The molecule has 0 spiro atoms. The lowest BCUT2D eigenvalue weighted by Crippen LogP contribution is -2.63. The highest BCUT2D eigenvalue weighted by Crippen LogP contribution is 2.23. The van der Waals surface area contributed by atoms with Crippen LogP contribution in [0.2, 0.25) is 0 Å². The van der Waals surface area contributed by atoms with Crippen molar-refractivity contribution in [1.29, 1.82) is 0 Å². The molecule has 0 saturated carbocycles. The maximum Gasteiger partial charge on any atom is 0.234 e. The van der Waals surface area contributed by atoms with Crippen LogP contribution in [0.25, 0.3) is 0 Å². The second-order valence-electron chi connectivity index (χ2n) is 5.23. The molecule has 1 heterocycles. The van der Waals surface area contributed by atoms with Crippen LogP contribution in [-0.2, 0) is 4.79 Å². The van der Waals surface area contributed by atoms with E-state index in [2.05, 4.69) is 5.32 Å². The van der Waals surface area contributed by atoms with Crippen LogP contribution in [0.15, 0.2) is 30.3 Å². The minimum atomic E-state index is -0.587. The van der Waals surface area contributed by atoms with Gasteiger partial charge in [-0.3, -0.25) is 9.69 Å². The summed E-state index contributed by atoms with van der Waals surface area (Å²) in [5, 5.41) is 12.7. The Morgan fingerprint density at radius 2 is 2.10 bits per heavy atom. The number of aliphatic hydroxyl groups is 1. The highest BCUT2D eigenvalue weighted by atomic mass is 16.5. The van der Waals surface area contributed by atoms with Gasteiger partial charge in [-0.05, 0) is 18.6 Å². The quantitative estimate of drug-likeness (QED) is 0.719. The van der Waals surface area contributed by atoms with Gasteiger partial charge in [-0.2, -0.15) is 0 Å². The van der Waals surface area contributed by atoms with Crippen molar-refractivity contribution in [2.24, 2.45) is 0 Å². The summed E-state index contributed by atoms with van der Waals surface area (Å²) in [6.07, 6.45) is 0.732. The Balaban J connectivity index is 1.55. The summed E-state index contributed by atoms with van der Waals surface area (Å²) in [5.74, 6) is 0.775. The van der Waals surface area contributed by atoms with E-state index in [9.17, 15) is 9.90 Å². The monoisotopic (exact) mass is 278 g/mol. The van der Waals surface area contributed by atoms with Crippen LogP contribution < -0.4 is 10.1 Å². The van der Waals surface area contributed by atoms with Gasteiger partial charge in [0.15, 0.2) is 0 Å². The van der Waals surface area contributed by atoms with E-state index in [0.29, 0.717) is 32.8 Å². The number of likely N-dealkylation sites (tertiary alicyclic amines) is 1. The predicted molar refractivity (Wildman–Crippen MR) is 76.6 cm³/mol. The number of β-amino-alcohol motifs (C(OH)–C–C–N with tert-alkyl or cyclic N) is 1. The molecule has 0 atom stereocenters. The number of hydrogen-bond donors (Lipinski definition) is 2. The Labute approximate surface area is 119 Å². The first-order chi connectivity index (χ1) is 9.61. The molecule has 0 unspecified atom stereocenters. The van der Waals surface area contributed by atoms with Gasteiger partial charge in [-0.25, -0.2) is 0 Å². The number of nitrogens with zero attached hydrogens (tertiary/aromatic N) is 1. The lowest BCUT2D eigenvalue weighted by atomic mass is 9.91. The number of ether oxygens (including phenoxy) is 1. The molecule has 110 valence electrons. The van der Waals surface area contributed by atoms with Crippen LogP contribution >= 0.6 is 0 Å². The molecule has 0 aromatic heterocycles. The third-order valence-electron chi connectivity index (χ3n) is 3.50. The first-order valence-corrected chi connectivity index (χ1v) is 7.00. The summed E-state index contributed by atoms with van der Waals surface area (Å²) in [5.41, 5.74) is -0.587. The summed E-state index contributed by atoms with van der Waals surface area (Å²) >= 11 is 0. The van der Waals surface area contributed by atoms with Crippen molar-refractivity contribution in [3.8, 4) is 5.75 Å². The first kappa shape index (κ1) is 14.8. The molecule has 1 aromatic carbocycles. The Bertz CT molecular complexity index is 430. The van der Waals surface area contributed by atoms with Gasteiger partial charge >= 0.3 is 0 Å². The molecular formula is C15H22N2O3. The molecule has 1 saturated heterocycles. The van der Waals surface area contributed by atoms with Crippen molar-refractivity contribution >= 4 is 5.91 Å². The van der Waals surface area contributed by atoms with Crippen molar-refractivity contribution in [2.75, 3.05) is 32.8 Å². The molecule has 0 aliphatic carbocycles. The maximum atomic E-state index is 11.7. The highest BCUT2D eigenvalue weighted by Gasteiger charge is 2.39. The fourth-order valence-electron chi connectivity index (χ4n) is 2.26. The second kappa shape index (κ2) is 6.72. The highest BCUT2D eigenvalue weighted by molar-refractivity contribution is 5.78. The van der Waals surface area contributed by atoms with Gasteiger partial charge in [0.2, 0.25) is 5.91 Å². The van der Waals surface area contributed by atoms with Gasteiger partial charge in [0.05, 0.1) is 18.7 Å². The van der Waals surface area contributed by atoms with Crippen molar-refractivity contribution in [3.05, 3.63) is 30.3 Å². The fraction of sp³-hybridized carbons (Fsp3) is 0.533. The predicted octanol–water partition coefficient (Wildman–Crippen LogP) is 0.638. The van der Waals surface area contributed by atoms with Gasteiger partial charge in [-0.1, -0.05) is 25.1 Å². The van der Waals surface area contributed by atoms with E-state index in [1.165, 1.54) is 0 Å². The van der Waals surface area contributed by atoms with Crippen molar-refractivity contribution in [1.82, 2.24) is 10.2 Å². The topological polar surface area (TPSA) is 61.8 Å². The molecule has 1 aromatic rings. The van der Waals surface area contributed by atoms with E-state index in [4.69, 9.17) is 4.74 Å². The van der Waals surface area contributed by atoms with Gasteiger partial charge < -0.3 is 15.2 Å². The average Bonchev–Trinajstić information content (AvgIpc) is 2.43. The molecule has 1 aliphatic rings. The van der Waals surface area contributed by atoms with Crippen molar-refractivity contribution in [2.45, 2.75) is 18.9 Å². The lowest BCUT2D eigenvalue weighted by Gasteiger charge is -2.45. The standard InChI is InChI=1S/C15H22N2O3/c1-2-15(19)11-17(12-15)10-14(18)16-8-9-20-13-6-4-3-5-7-13/h3-7,19H,2,8-12H2,1H3,(H,16,18). The Hall–Kier alpha value is -1.59. The smallest absolute Gasteiger partial charge is 0.234 e. The minimum Gasteiger partial charge on any atom is -0.492 e. The van der Waals surface area contributed by atoms with Crippen LogP contribution in [0.5, 0.6) is 5.75 Å². The zero-order valence-corrected chi connectivity index (χ0v) is 11.8. The Morgan fingerprint density at radius 1 is 1.40 bits per heavy atom. The largest absolute Gasteiger partial charge is 0.492 e. The molecule has 2 N–H and O–H groups in total. The molecule has 0 radical (unpaired) electrons. The number of rotatable bonds is 7. The third-order valence-corrected chi connectivity index (χ3v) is 3.50. The molecule has 1 aliphatic heterocycles. The van der Waals surface area contributed by atoms with Crippen LogP contribution in [0, 0.1) is 0 Å². The number of nitrogens with one attached hydrogen (secondary N) is 1. The summed E-state index contributed by atoms with van der Waals surface area (Å²) in [6.45, 7) is 4.40. The number of hydrogen-bond acceptors (Lipinski definition) is 4. The molecule has 0 bridgehead atoms. The van der Waals surface area contributed by atoms with Crippen LogP contribution in [0.3, 0.4) is 0 Å². The molecule has 1 amide bonds. The molecule has 5 nitrogen and oxygen atoms in total. The molecule has 20 heavy (non-hydrogen) atoms. The van der Waals surface area contributed by atoms with Gasteiger partial charge in [0.1, 0.15) is 12.4 Å². The summed E-state index contributed by atoms with van der Waals surface area (Å²) < 4.78 is 5.48. The maximum absolute atomic E-state index is 11.7. The average molecular weight is 278 g/mol. The Morgan fingerprint density at radius 3 is 2.75 bits per heavy atom. The fourth-order valence-corrected chi connectivity index (χ4v) is 2.26. The number of carbonyl (C=O) groups is 1. The zero-order chi connectivity index (χ0) is 14.4. The number of benzene rings is 1. The van der Waals surface area contributed by atoms with E-state index in [1.807, 2.05) is 42.2 Å². The third kappa shape index (κ3) is 4.21. The van der Waals surface area contributed by atoms with Gasteiger partial charge in [-0.15, -0.1) is 0 Å². The van der Waals surface area contributed by atoms with Crippen LogP contribution in [-0.4, -0.2) is 54.3 Å². The summed E-state index contributed by atoms with van der Waals surface area (Å²) in [6, 6.07) is 9.51. The van der Waals surface area contributed by atoms with Gasteiger partial charge in [0, 0.05) is 13.1 Å². The summed E-state index contributed by atoms with van der Waals surface area (Å²) in [7, 11) is 0. The Kier molecular flexibility index (Phi) is 4.98. The van der Waals surface area contributed by atoms with Crippen LogP contribution in [0.4, 0.5) is 0 Å². The number of para-hydroxylation sites is 1. The second-order valence-corrected chi connectivity index (χ2v) is 5.23. The van der Waals surface area contributed by atoms with E-state index < -0.39 is 5.60 Å². The van der Waals surface area contributed by atoms with Crippen molar-refractivity contribution < 1.29 is 14.6 Å². The van der Waals surface area contributed by atoms with Crippen LogP contribution in [0.1, 0.15) is 13.3 Å². The number of carbonyl (C=O) groups excluding carboxylic acids is 1. The van der Waals surface area contributed by atoms with E-state index >= 15 is 0 Å².